The number of amides is 2. The molecule has 2 saturated heterocycles. The van der Waals surface area contributed by atoms with Gasteiger partial charge in [-0.15, -0.1) is 0 Å². The predicted molar refractivity (Wildman–Crippen MR) is 134 cm³/mol. The third-order valence-corrected chi connectivity index (χ3v) is 7.08. The minimum atomic E-state index is -4.55. The van der Waals surface area contributed by atoms with Gasteiger partial charge in [0.15, 0.2) is 0 Å². The summed E-state index contributed by atoms with van der Waals surface area (Å²) < 4.78 is 52.0. The van der Waals surface area contributed by atoms with E-state index in [4.69, 9.17) is 9.47 Å². The van der Waals surface area contributed by atoms with Crippen molar-refractivity contribution in [2.45, 2.75) is 31.7 Å². The van der Waals surface area contributed by atoms with E-state index in [1.165, 1.54) is 19.1 Å². The first-order chi connectivity index (χ1) is 18.2. The molecule has 2 atom stereocenters. The van der Waals surface area contributed by atoms with Gasteiger partial charge < -0.3 is 19.3 Å². The Bertz CT molecular complexity index is 1310. The molecule has 3 aromatic carbocycles. The molecular weight excluding hydrogens is 497 g/mol. The molecule has 0 saturated carbocycles. The summed E-state index contributed by atoms with van der Waals surface area (Å²) in [5, 5.41) is 0. The van der Waals surface area contributed by atoms with Gasteiger partial charge in [-0.3, -0.25) is 9.59 Å². The maximum Gasteiger partial charge on any atom is 0.416 e. The van der Waals surface area contributed by atoms with E-state index in [9.17, 15) is 22.8 Å². The number of fused-ring (bicyclic) bond motifs is 1. The number of hydrogen-bond donors (Lipinski definition) is 0. The van der Waals surface area contributed by atoms with Gasteiger partial charge in [-0.1, -0.05) is 24.3 Å². The first kappa shape index (κ1) is 25.8. The highest BCUT2D eigenvalue weighted by atomic mass is 19.4. The summed E-state index contributed by atoms with van der Waals surface area (Å²) in [4.78, 5) is 30.0. The molecule has 5 rings (SSSR count). The Morgan fingerprint density at radius 1 is 0.895 bits per heavy atom. The van der Waals surface area contributed by atoms with E-state index >= 15 is 0 Å². The minimum absolute atomic E-state index is 0.0120. The summed E-state index contributed by atoms with van der Waals surface area (Å²) in [6.07, 6.45) is -4.31. The fraction of sp³-hybridized carbons (Fsp3) is 0.310. The van der Waals surface area contributed by atoms with E-state index < -0.39 is 23.7 Å². The van der Waals surface area contributed by atoms with Crippen LogP contribution in [0.4, 0.5) is 13.2 Å². The van der Waals surface area contributed by atoms with Crippen LogP contribution in [0.2, 0.25) is 0 Å². The van der Waals surface area contributed by atoms with E-state index in [1.54, 1.807) is 34.1 Å². The molecule has 0 N–H and O–H groups in total. The molecular formula is C29H27F3N2O4. The number of likely N-dealkylation sites (tertiary alicyclic amines) is 1. The number of halogens is 3. The van der Waals surface area contributed by atoms with Gasteiger partial charge in [0.25, 0.3) is 11.8 Å². The Hall–Kier alpha value is -3.85. The molecule has 2 fully saturated rings. The molecule has 38 heavy (non-hydrogen) atoms. The molecule has 9 heteroatoms. The summed E-state index contributed by atoms with van der Waals surface area (Å²) in [6, 6.07) is 19.3. The minimum Gasteiger partial charge on any atom is -0.457 e. The predicted octanol–water partition coefficient (Wildman–Crippen LogP) is 5.56. The van der Waals surface area contributed by atoms with Crippen molar-refractivity contribution in [3.8, 4) is 11.5 Å². The fourth-order valence-electron chi connectivity index (χ4n) is 5.11. The zero-order chi connectivity index (χ0) is 26.9. The van der Waals surface area contributed by atoms with Gasteiger partial charge in [0.1, 0.15) is 11.5 Å². The van der Waals surface area contributed by atoms with Crippen molar-refractivity contribution in [1.29, 1.82) is 0 Å². The standard InChI is InChI=1S/C29H27F3N2O4/c1-19-23(8-5-9-24(19)29(30,31)32)28(36)34-16-17-37-26-14-15-33(18-25(26)34)27(35)20-10-12-22(13-11-20)38-21-6-3-2-4-7-21/h2-13,25-26H,14-18H2,1H3/t25-,26-/m0/s1. The maximum atomic E-state index is 13.5. The van der Waals surface area contributed by atoms with Crippen LogP contribution in [0.25, 0.3) is 0 Å². The van der Waals surface area contributed by atoms with E-state index in [0.29, 0.717) is 36.6 Å². The van der Waals surface area contributed by atoms with Crippen molar-refractivity contribution >= 4 is 11.8 Å². The van der Waals surface area contributed by atoms with Crippen LogP contribution < -0.4 is 4.74 Å². The van der Waals surface area contributed by atoms with Gasteiger partial charge in [0.2, 0.25) is 0 Å². The highest BCUT2D eigenvalue weighted by Crippen LogP contribution is 2.34. The molecule has 198 valence electrons. The van der Waals surface area contributed by atoms with Crippen LogP contribution in [0.15, 0.2) is 72.8 Å². The van der Waals surface area contributed by atoms with Crippen LogP contribution >= 0.6 is 0 Å². The smallest absolute Gasteiger partial charge is 0.416 e. The third-order valence-electron chi connectivity index (χ3n) is 7.08. The van der Waals surface area contributed by atoms with E-state index in [2.05, 4.69) is 0 Å². The molecule has 0 radical (unpaired) electrons. The van der Waals surface area contributed by atoms with Gasteiger partial charge >= 0.3 is 6.18 Å². The zero-order valence-electron chi connectivity index (χ0n) is 20.8. The number of piperidine rings is 1. The summed E-state index contributed by atoms with van der Waals surface area (Å²) in [5.74, 6) is 0.610. The Morgan fingerprint density at radius 3 is 2.32 bits per heavy atom. The number of morpholine rings is 1. The van der Waals surface area contributed by atoms with Gasteiger partial charge in [-0.2, -0.15) is 13.2 Å². The number of para-hydroxylation sites is 1. The monoisotopic (exact) mass is 524 g/mol. The molecule has 2 heterocycles. The second-order valence-electron chi connectivity index (χ2n) is 9.43. The summed E-state index contributed by atoms with van der Waals surface area (Å²) in [6.45, 7) is 2.53. The van der Waals surface area contributed by atoms with Gasteiger partial charge in [0, 0.05) is 30.8 Å². The number of carbonyl (C=O) groups is 2. The van der Waals surface area contributed by atoms with Crippen molar-refractivity contribution in [3.05, 3.63) is 95.1 Å². The van der Waals surface area contributed by atoms with Gasteiger partial charge in [-0.25, -0.2) is 0 Å². The fourth-order valence-corrected chi connectivity index (χ4v) is 5.11. The van der Waals surface area contributed by atoms with Crippen LogP contribution in [-0.4, -0.2) is 60.0 Å². The van der Waals surface area contributed by atoms with Crippen molar-refractivity contribution in [3.63, 3.8) is 0 Å². The third kappa shape index (κ3) is 5.24. The zero-order valence-corrected chi connectivity index (χ0v) is 20.8. The number of hydrogen-bond acceptors (Lipinski definition) is 4. The summed E-state index contributed by atoms with van der Waals surface area (Å²) >= 11 is 0. The first-order valence-electron chi connectivity index (χ1n) is 12.4. The van der Waals surface area contributed by atoms with E-state index in [0.717, 1.165) is 6.07 Å². The lowest BCUT2D eigenvalue weighted by Gasteiger charge is -2.47. The lowest BCUT2D eigenvalue weighted by molar-refractivity contribution is -0.138. The topological polar surface area (TPSA) is 59.1 Å². The average Bonchev–Trinajstić information content (AvgIpc) is 2.92. The molecule has 0 unspecified atom stereocenters. The van der Waals surface area contributed by atoms with Crippen LogP contribution in [0.5, 0.6) is 11.5 Å². The van der Waals surface area contributed by atoms with Crippen molar-refractivity contribution < 1.29 is 32.2 Å². The number of alkyl halides is 3. The van der Waals surface area contributed by atoms with Gasteiger partial charge in [-0.05, 0) is 67.4 Å². The highest BCUT2D eigenvalue weighted by molar-refractivity contribution is 5.97. The quantitative estimate of drug-likeness (QED) is 0.448. The van der Waals surface area contributed by atoms with Crippen LogP contribution in [0.1, 0.15) is 38.3 Å². The van der Waals surface area contributed by atoms with Crippen LogP contribution in [-0.2, 0) is 10.9 Å². The lowest BCUT2D eigenvalue weighted by atomic mass is 9.95. The Labute approximate surface area is 218 Å². The SMILES string of the molecule is Cc1c(C(=O)N2CCO[C@H]3CCN(C(=O)c4ccc(Oc5ccccc5)cc4)C[C@@H]32)cccc1C(F)(F)F. The largest absolute Gasteiger partial charge is 0.457 e. The summed E-state index contributed by atoms with van der Waals surface area (Å²) in [7, 11) is 0. The van der Waals surface area contributed by atoms with Gasteiger partial charge in [0.05, 0.1) is 24.3 Å². The number of nitrogens with zero attached hydrogens (tertiary/aromatic N) is 2. The second-order valence-corrected chi connectivity index (χ2v) is 9.43. The molecule has 3 aromatic rings. The second kappa shape index (κ2) is 10.5. The molecule has 0 bridgehead atoms. The Balaban J connectivity index is 1.31. The Kier molecular flexibility index (Phi) is 7.12. The van der Waals surface area contributed by atoms with Crippen LogP contribution in [0, 0.1) is 6.92 Å². The van der Waals surface area contributed by atoms with Crippen molar-refractivity contribution in [2.24, 2.45) is 0 Å². The Morgan fingerprint density at radius 2 is 1.61 bits per heavy atom. The summed E-state index contributed by atoms with van der Waals surface area (Å²) in [5.41, 5.74) is -0.437. The first-order valence-corrected chi connectivity index (χ1v) is 12.4. The number of carbonyl (C=O) groups excluding carboxylic acids is 2. The molecule has 0 aromatic heterocycles. The normalized spacial score (nSPS) is 19.6. The van der Waals surface area contributed by atoms with E-state index in [-0.39, 0.29) is 36.2 Å². The maximum absolute atomic E-state index is 13.5. The molecule has 6 nitrogen and oxygen atoms in total. The lowest BCUT2D eigenvalue weighted by Crippen LogP contribution is -2.62. The molecule has 2 aliphatic rings. The highest BCUT2D eigenvalue weighted by Gasteiger charge is 2.42. The molecule has 2 amide bonds. The molecule has 2 aliphatic heterocycles. The van der Waals surface area contributed by atoms with Crippen molar-refractivity contribution in [1.82, 2.24) is 9.80 Å². The van der Waals surface area contributed by atoms with E-state index in [1.807, 2.05) is 30.3 Å². The molecule has 0 aliphatic carbocycles. The van der Waals surface area contributed by atoms with Crippen molar-refractivity contribution in [2.75, 3.05) is 26.2 Å². The van der Waals surface area contributed by atoms with Crippen LogP contribution in [0.3, 0.4) is 0 Å². The average molecular weight is 525 g/mol. The molecule has 0 spiro atoms. The number of ether oxygens (including phenoxy) is 2. The number of benzene rings is 3. The number of rotatable bonds is 4.